The minimum Gasteiger partial charge on any atom is -0.477 e. The second-order valence-corrected chi connectivity index (χ2v) is 6.74. The van der Waals surface area contributed by atoms with Gasteiger partial charge in [0.25, 0.3) is 0 Å². The molecule has 3 heterocycles. The summed E-state index contributed by atoms with van der Waals surface area (Å²) in [6.07, 6.45) is 5.18. The fourth-order valence-corrected chi connectivity index (χ4v) is 3.56. The van der Waals surface area contributed by atoms with Crippen molar-refractivity contribution < 1.29 is 24.8 Å². The predicted octanol–water partition coefficient (Wildman–Crippen LogP) is 4.92. The molecule has 0 aliphatic carbocycles. The van der Waals surface area contributed by atoms with Gasteiger partial charge in [-0.3, -0.25) is 0 Å². The molecule has 5 nitrogen and oxygen atoms in total. The van der Waals surface area contributed by atoms with E-state index in [9.17, 15) is 0 Å². The Balaban J connectivity index is 0.00000192. The Kier molecular flexibility index (Phi) is 5.71. The molecule has 2 aliphatic rings. The van der Waals surface area contributed by atoms with Crippen LogP contribution in [-0.4, -0.2) is 16.6 Å². The molecule has 145 valence electrons. The molecule has 0 bridgehead atoms. The first-order chi connectivity index (χ1) is 13.4. The van der Waals surface area contributed by atoms with E-state index in [1.54, 1.807) is 0 Å². The number of nitrogens with zero attached hydrogens (tertiary/aromatic N) is 4. The molecule has 2 aliphatic heterocycles. The van der Waals surface area contributed by atoms with Crippen molar-refractivity contribution in [1.82, 2.24) is 9.97 Å². The maximum Gasteiger partial charge on any atom is 0.145 e. The Bertz CT molecular complexity index is 916. The molecule has 0 amide bonds. The van der Waals surface area contributed by atoms with Gasteiger partial charge in [0.1, 0.15) is 17.7 Å². The summed E-state index contributed by atoms with van der Waals surface area (Å²) in [6, 6.07) is 21.4. The Hall–Kier alpha value is -2.27. The van der Waals surface area contributed by atoms with Gasteiger partial charge in [0.15, 0.2) is 0 Å². The fraction of sp³-hybridized carbons (Fsp3) is 0.227. The summed E-state index contributed by atoms with van der Waals surface area (Å²) in [5.74, 6) is 1.63. The van der Waals surface area contributed by atoms with E-state index in [1.165, 1.54) is 6.42 Å². The molecule has 1 aromatic heterocycles. The first kappa shape index (κ1) is 19.1. The number of anilines is 4. The van der Waals surface area contributed by atoms with Crippen LogP contribution < -0.4 is 9.80 Å². The standard InChI is InChI=1S/C22H20N4O.Ir/c1-3-9-17(10-4-1)25-16-26(18-11-5-2-6-12-18)22-21(25)23-15-19(24-22)20-13-7-8-14-27-20;/h1-6,9-11,15-16,20H,7-8,13-14H2;/q-2;. The molecule has 1 fully saturated rings. The van der Waals surface area contributed by atoms with Crippen LogP contribution in [0.5, 0.6) is 0 Å². The van der Waals surface area contributed by atoms with Crippen LogP contribution in [0.1, 0.15) is 31.1 Å². The Morgan fingerprint density at radius 1 is 1.00 bits per heavy atom. The summed E-state index contributed by atoms with van der Waals surface area (Å²) in [5, 5.41) is 0. The molecule has 6 heteroatoms. The van der Waals surface area contributed by atoms with Gasteiger partial charge in [-0.2, -0.15) is 30.3 Å². The number of para-hydroxylation sites is 2. The molecule has 0 saturated carbocycles. The van der Waals surface area contributed by atoms with E-state index in [0.717, 1.165) is 48.2 Å². The monoisotopic (exact) mass is 549 g/mol. The maximum absolute atomic E-state index is 5.92. The van der Waals surface area contributed by atoms with Crippen LogP contribution >= 0.6 is 0 Å². The largest absolute Gasteiger partial charge is 0.477 e. The quantitative estimate of drug-likeness (QED) is 0.435. The smallest absolute Gasteiger partial charge is 0.145 e. The number of fused-ring (bicyclic) bond motifs is 1. The summed E-state index contributed by atoms with van der Waals surface area (Å²) < 4.78 is 5.92. The van der Waals surface area contributed by atoms with Crippen molar-refractivity contribution in [2.24, 2.45) is 0 Å². The van der Waals surface area contributed by atoms with E-state index in [4.69, 9.17) is 14.7 Å². The zero-order chi connectivity index (χ0) is 18.1. The molecule has 0 N–H and O–H groups in total. The number of aromatic nitrogens is 2. The van der Waals surface area contributed by atoms with Crippen molar-refractivity contribution in [3.63, 3.8) is 0 Å². The van der Waals surface area contributed by atoms with E-state index in [-0.39, 0.29) is 26.2 Å². The van der Waals surface area contributed by atoms with Gasteiger partial charge in [0, 0.05) is 32.4 Å². The molecular formula is C22H20IrN4O-2. The van der Waals surface area contributed by atoms with Crippen LogP contribution in [0.15, 0.2) is 60.8 Å². The number of hydrogen-bond donors (Lipinski definition) is 0. The van der Waals surface area contributed by atoms with Gasteiger partial charge in [-0.25, -0.2) is 9.97 Å². The number of hydrogen-bond acceptors (Lipinski definition) is 5. The van der Waals surface area contributed by atoms with Crippen LogP contribution in [0.2, 0.25) is 0 Å². The second-order valence-electron chi connectivity index (χ2n) is 6.74. The van der Waals surface area contributed by atoms with Crippen molar-refractivity contribution in [3.8, 4) is 0 Å². The Labute approximate surface area is 178 Å². The summed E-state index contributed by atoms with van der Waals surface area (Å²) in [6.45, 7) is 2.82. The molecular weight excluding hydrogens is 528 g/mol. The average molecular weight is 549 g/mol. The average Bonchev–Trinajstić information content (AvgIpc) is 3.14. The van der Waals surface area contributed by atoms with Gasteiger partial charge in [0.2, 0.25) is 0 Å². The molecule has 3 aromatic rings. The molecule has 1 saturated heterocycles. The number of ether oxygens (including phenoxy) is 1. The van der Waals surface area contributed by atoms with Gasteiger partial charge >= 0.3 is 0 Å². The number of rotatable bonds is 3. The first-order valence-corrected chi connectivity index (χ1v) is 9.34. The predicted molar refractivity (Wildman–Crippen MR) is 105 cm³/mol. The molecule has 0 spiro atoms. The molecule has 28 heavy (non-hydrogen) atoms. The molecule has 1 unspecified atom stereocenters. The molecule has 2 aromatic carbocycles. The van der Waals surface area contributed by atoms with Crippen molar-refractivity contribution in [2.75, 3.05) is 16.4 Å². The molecule has 1 radical (unpaired) electrons. The Morgan fingerprint density at radius 3 is 2.61 bits per heavy atom. The minimum absolute atomic E-state index is 0. The van der Waals surface area contributed by atoms with Crippen molar-refractivity contribution in [1.29, 1.82) is 0 Å². The van der Waals surface area contributed by atoms with Gasteiger partial charge in [0.05, 0.1) is 11.9 Å². The second kappa shape index (κ2) is 8.39. The van der Waals surface area contributed by atoms with Gasteiger partial charge in [-0.05, 0) is 31.4 Å². The van der Waals surface area contributed by atoms with Crippen LogP contribution in [0, 0.1) is 12.7 Å². The summed E-state index contributed by atoms with van der Waals surface area (Å²) >= 11 is 0. The third-order valence-electron chi connectivity index (χ3n) is 4.94. The van der Waals surface area contributed by atoms with Gasteiger partial charge in [-0.15, -0.1) is 12.4 Å². The zero-order valence-electron chi connectivity index (χ0n) is 15.3. The van der Waals surface area contributed by atoms with Crippen LogP contribution in [0.3, 0.4) is 0 Å². The van der Waals surface area contributed by atoms with E-state index < -0.39 is 0 Å². The van der Waals surface area contributed by atoms with Gasteiger partial charge in [-0.1, -0.05) is 18.2 Å². The van der Waals surface area contributed by atoms with E-state index in [0.29, 0.717) is 0 Å². The molecule has 5 rings (SSSR count). The zero-order valence-corrected chi connectivity index (χ0v) is 17.7. The minimum atomic E-state index is 0. The van der Waals surface area contributed by atoms with Crippen LogP contribution in [0.25, 0.3) is 0 Å². The fourth-order valence-electron chi connectivity index (χ4n) is 3.56. The van der Waals surface area contributed by atoms with Crippen LogP contribution in [-0.2, 0) is 24.8 Å². The third kappa shape index (κ3) is 3.55. The number of benzene rings is 2. The van der Waals surface area contributed by atoms with Crippen molar-refractivity contribution in [2.45, 2.75) is 25.4 Å². The maximum atomic E-state index is 5.92. The van der Waals surface area contributed by atoms with Crippen molar-refractivity contribution in [3.05, 3.63) is 79.2 Å². The summed E-state index contributed by atoms with van der Waals surface area (Å²) in [7, 11) is 0. The first-order valence-electron chi connectivity index (χ1n) is 9.34. The Morgan fingerprint density at radius 2 is 1.86 bits per heavy atom. The topological polar surface area (TPSA) is 41.5 Å². The van der Waals surface area contributed by atoms with E-state index in [1.807, 2.05) is 60.2 Å². The summed E-state index contributed by atoms with van der Waals surface area (Å²) in [5.41, 5.74) is 2.89. The van der Waals surface area contributed by atoms with E-state index in [2.05, 4.69) is 23.1 Å². The van der Waals surface area contributed by atoms with Crippen molar-refractivity contribution >= 4 is 23.0 Å². The van der Waals surface area contributed by atoms with Crippen LogP contribution in [0.4, 0.5) is 23.0 Å². The normalized spacial score (nSPS) is 18.5. The summed E-state index contributed by atoms with van der Waals surface area (Å²) in [4.78, 5) is 13.8. The SMILES string of the molecule is [Ir].[c-]1ccccc1N1[CH-]N(c2ccccc2)c2ncc(C3CCCCO3)nc21. The van der Waals surface area contributed by atoms with E-state index >= 15 is 0 Å². The molecule has 1 atom stereocenters. The third-order valence-corrected chi connectivity index (χ3v) is 4.94. The van der Waals surface area contributed by atoms with Gasteiger partial charge < -0.3 is 14.5 Å².